The molecule has 0 N–H and O–H groups in total. The summed E-state index contributed by atoms with van der Waals surface area (Å²) in [6, 6.07) is 3.62. The Morgan fingerprint density at radius 2 is 1.59 bits per heavy atom. The Morgan fingerprint density at radius 3 is 2.14 bits per heavy atom. The largest absolute Gasteiger partial charge is 0.458 e. The van der Waals surface area contributed by atoms with E-state index in [9.17, 15) is 22.0 Å². The number of hydrogen-bond donors (Lipinski definition) is 0. The molecule has 0 aliphatic carbocycles. The van der Waals surface area contributed by atoms with Gasteiger partial charge in [-0.25, -0.2) is 0 Å². The van der Waals surface area contributed by atoms with E-state index >= 15 is 0 Å². The van der Waals surface area contributed by atoms with Crippen LogP contribution in [0, 0.1) is 6.92 Å². The molecule has 1 aliphatic rings. The first-order valence-corrected chi connectivity index (χ1v) is 7.06. The summed E-state index contributed by atoms with van der Waals surface area (Å²) in [7, 11) is 1.95. The number of alkyl halides is 5. The molecule has 1 aromatic rings. The van der Waals surface area contributed by atoms with Gasteiger partial charge >= 0.3 is 12.1 Å². The van der Waals surface area contributed by atoms with Crippen molar-refractivity contribution in [3.05, 3.63) is 34.9 Å². The van der Waals surface area contributed by atoms with Crippen LogP contribution in [0.4, 0.5) is 22.0 Å². The van der Waals surface area contributed by atoms with E-state index in [2.05, 4.69) is 4.90 Å². The van der Waals surface area contributed by atoms with Crippen molar-refractivity contribution in [2.24, 2.45) is 0 Å². The molecule has 0 aromatic heterocycles. The molecule has 0 atom stereocenters. The van der Waals surface area contributed by atoms with E-state index in [0.717, 1.165) is 19.2 Å². The van der Waals surface area contributed by atoms with E-state index < -0.39 is 17.7 Å². The Morgan fingerprint density at radius 1 is 1.00 bits per heavy atom. The lowest BCUT2D eigenvalue weighted by Gasteiger charge is -2.33. The zero-order valence-corrected chi connectivity index (χ0v) is 12.6. The number of piperazine rings is 1. The van der Waals surface area contributed by atoms with Gasteiger partial charge in [-0.1, -0.05) is 23.8 Å². The number of benzene rings is 1. The van der Waals surface area contributed by atoms with Gasteiger partial charge in [0, 0.05) is 38.3 Å². The van der Waals surface area contributed by atoms with E-state index in [1.165, 1.54) is 12.1 Å². The van der Waals surface area contributed by atoms with Gasteiger partial charge in [-0.3, -0.25) is 4.90 Å². The van der Waals surface area contributed by atoms with Crippen LogP contribution in [-0.2, 0) is 12.5 Å². The van der Waals surface area contributed by atoms with Gasteiger partial charge in [-0.05, 0) is 19.5 Å². The molecule has 0 saturated carbocycles. The van der Waals surface area contributed by atoms with Gasteiger partial charge < -0.3 is 4.90 Å². The minimum absolute atomic E-state index is 0.0480. The summed E-state index contributed by atoms with van der Waals surface area (Å²) < 4.78 is 65.4. The van der Waals surface area contributed by atoms with Crippen LogP contribution in [0.1, 0.15) is 16.7 Å². The smallest absolute Gasteiger partial charge is 0.304 e. The normalized spacial score (nSPS) is 18.7. The van der Waals surface area contributed by atoms with Crippen LogP contribution < -0.4 is 0 Å². The van der Waals surface area contributed by atoms with Gasteiger partial charge in [-0.15, -0.1) is 0 Å². The molecule has 0 radical (unpaired) electrons. The molecule has 0 unspecified atom stereocenters. The van der Waals surface area contributed by atoms with Gasteiger partial charge in [0.2, 0.25) is 0 Å². The van der Waals surface area contributed by atoms with Crippen LogP contribution in [0.5, 0.6) is 0 Å². The second kappa shape index (κ2) is 6.12. The quantitative estimate of drug-likeness (QED) is 0.787. The number of rotatable bonds is 3. The summed E-state index contributed by atoms with van der Waals surface area (Å²) in [6.07, 6.45) is -5.58. The first kappa shape index (κ1) is 17.1. The fraction of sp³-hybridized carbons (Fsp3) is 0.600. The minimum atomic E-state index is -5.58. The third-order valence-electron chi connectivity index (χ3n) is 3.94. The van der Waals surface area contributed by atoms with Crippen molar-refractivity contribution in [2.75, 3.05) is 33.2 Å². The van der Waals surface area contributed by atoms with Crippen LogP contribution in [-0.4, -0.2) is 49.2 Å². The summed E-state index contributed by atoms with van der Waals surface area (Å²) in [5, 5.41) is 0. The average Bonchev–Trinajstić information content (AvgIpc) is 2.40. The summed E-state index contributed by atoms with van der Waals surface area (Å²) >= 11 is 0. The maximum Gasteiger partial charge on any atom is 0.458 e. The van der Waals surface area contributed by atoms with Gasteiger partial charge in [-0.2, -0.15) is 22.0 Å². The Hall–Kier alpha value is -1.21. The zero-order valence-electron chi connectivity index (χ0n) is 12.6. The lowest BCUT2D eigenvalue weighted by atomic mass is 9.98. The van der Waals surface area contributed by atoms with Gasteiger partial charge in [0.1, 0.15) is 0 Å². The number of hydrogen-bond acceptors (Lipinski definition) is 2. The predicted octanol–water partition coefficient (Wildman–Crippen LogP) is 3.40. The highest BCUT2D eigenvalue weighted by Gasteiger charge is 2.59. The van der Waals surface area contributed by atoms with Crippen molar-refractivity contribution in [3.8, 4) is 0 Å². The molecule has 124 valence electrons. The summed E-state index contributed by atoms with van der Waals surface area (Å²) in [5.41, 5.74) is -0.220. The SMILES string of the molecule is Cc1ccc(C(F)(F)C(F)(F)F)c(CN2CCN(C)CC2)c1. The van der Waals surface area contributed by atoms with Crippen molar-refractivity contribution in [1.82, 2.24) is 9.80 Å². The zero-order chi connectivity index (χ0) is 16.5. The van der Waals surface area contributed by atoms with Gasteiger partial charge in [0.25, 0.3) is 0 Å². The van der Waals surface area contributed by atoms with Crippen LogP contribution in [0.15, 0.2) is 18.2 Å². The number of likely N-dealkylation sites (N-methyl/N-ethyl adjacent to an activating group) is 1. The second-order valence-corrected chi connectivity index (χ2v) is 5.81. The summed E-state index contributed by atoms with van der Waals surface area (Å²) in [5.74, 6) is -4.83. The molecule has 2 rings (SSSR count). The maximum atomic E-state index is 13.7. The van der Waals surface area contributed by atoms with E-state index in [0.29, 0.717) is 18.7 Å². The molecule has 1 fully saturated rings. The van der Waals surface area contributed by atoms with Crippen molar-refractivity contribution < 1.29 is 22.0 Å². The predicted molar refractivity (Wildman–Crippen MR) is 73.9 cm³/mol. The summed E-state index contributed by atoms with van der Waals surface area (Å²) in [4.78, 5) is 4.00. The molecule has 0 bridgehead atoms. The number of halogens is 5. The van der Waals surface area contributed by atoms with E-state index in [1.807, 2.05) is 11.9 Å². The Balaban J connectivity index is 2.29. The lowest BCUT2D eigenvalue weighted by molar-refractivity contribution is -0.289. The van der Waals surface area contributed by atoms with Crippen molar-refractivity contribution in [1.29, 1.82) is 0 Å². The van der Waals surface area contributed by atoms with Crippen LogP contribution in [0.25, 0.3) is 0 Å². The van der Waals surface area contributed by atoms with E-state index in [-0.39, 0.29) is 12.1 Å². The number of aryl methyl sites for hydroxylation is 1. The fourth-order valence-corrected chi connectivity index (χ4v) is 2.56. The molecule has 0 amide bonds. The van der Waals surface area contributed by atoms with Crippen molar-refractivity contribution in [3.63, 3.8) is 0 Å². The second-order valence-electron chi connectivity index (χ2n) is 5.81. The molecule has 1 aromatic carbocycles. The van der Waals surface area contributed by atoms with Crippen LogP contribution in [0.3, 0.4) is 0 Å². The highest BCUT2D eigenvalue weighted by Crippen LogP contribution is 2.45. The van der Waals surface area contributed by atoms with Gasteiger partial charge in [0.05, 0.1) is 0 Å². The molecule has 7 heteroatoms. The maximum absolute atomic E-state index is 13.7. The molecule has 1 saturated heterocycles. The molecule has 22 heavy (non-hydrogen) atoms. The first-order valence-electron chi connectivity index (χ1n) is 7.06. The highest BCUT2D eigenvalue weighted by molar-refractivity contribution is 5.35. The Bertz CT molecular complexity index is 519. The van der Waals surface area contributed by atoms with E-state index in [1.54, 1.807) is 6.92 Å². The Kier molecular flexibility index (Phi) is 4.77. The van der Waals surface area contributed by atoms with Crippen LogP contribution >= 0.6 is 0 Å². The molecule has 0 spiro atoms. The molecule has 2 nitrogen and oxygen atoms in total. The van der Waals surface area contributed by atoms with Crippen LogP contribution in [0.2, 0.25) is 0 Å². The minimum Gasteiger partial charge on any atom is -0.304 e. The highest BCUT2D eigenvalue weighted by atomic mass is 19.4. The average molecular weight is 322 g/mol. The fourth-order valence-electron chi connectivity index (χ4n) is 2.56. The third-order valence-corrected chi connectivity index (χ3v) is 3.94. The van der Waals surface area contributed by atoms with E-state index in [4.69, 9.17) is 0 Å². The van der Waals surface area contributed by atoms with Crippen molar-refractivity contribution in [2.45, 2.75) is 25.6 Å². The standard InChI is InChI=1S/C15H19F5N2/c1-11-3-4-13(14(16,17)15(18,19)20)12(9-11)10-22-7-5-21(2)6-8-22/h3-4,9H,5-8,10H2,1-2H3. The first-order chi connectivity index (χ1) is 10.1. The number of nitrogens with zero attached hydrogens (tertiary/aromatic N) is 2. The Labute approximate surface area is 126 Å². The molecule has 1 heterocycles. The lowest BCUT2D eigenvalue weighted by Crippen LogP contribution is -2.44. The van der Waals surface area contributed by atoms with Crippen molar-refractivity contribution >= 4 is 0 Å². The molecule has 1 aliphatic heterocycles. The molecular formula is C15H19F5N2. The monoisotopic (exact) mass is 322 g/mol. The van der Waals surface area contributed by atoms with Gasteiger partial charge in [0.15, 0.2) is 0 Å². The molecular weight excluding hydrogens is 303 g/mol. The summed E-state index contributed by atoms with van der Waals surface area (Å²) in [6.45, 7) is 4.65. The topological polar surface area (TPSA) is 6.48 Å². The third kappa shape index (κ3) is 3.57.